The van der Waals surface area contributed by atoms with E-state index >= 15 is 0 Å². The van der Waals surface area contributed by atoms with Crippen LogP contribution in [0.25, 0.3) is 10.9 Å². The number of fused-ring (bicyclic) bond motifs is 1. The Morgan fingerprint density at radius 3 is 2.83 bits per heavy atom. The molecule has 7 heteroatoms. The third kappa shape index (κ3) is 3.89. The molecule has 3 rings (SSSR count). The van der Waals surface area contributed by atoms with E-state index in [1.165, 1.54) is 11.8 Å². The van der Waals surface area contributed by atoms with Crippen molar-refractivity contribution in [1.29, 1.82) is 0 Å². The molecule has 0 spiro atoms. The van der Waals surface area contributed by atoms with Crippen molar-refractivity contribution in [3.63, 3.8) is 0 Å². The fraction of sp³-hybridized carbons (Fsp3) is 0.412. The van der Waals surface area contributed by atoms with E-state index in [-0.39, 0.29) is 28.7 Å². The van der Waals surface area contributed by atoms with Crippen LogP contribution in [-0.4, -0.2) is 42.1 Å². The molecule has 1 aromatic carbocycles. The zero-order chi connectivity index (χ0) is 17.3. The number of carbonyl (C=O) groups is 1. The van der Waals surface area contributed by atoms with Crippen LogP contribution in [-0.2, 0) is 14.6 Å². The van der Waals surface area contributed by atoms with Gasteiger partial charge in [-0.25, -0.2) is 13.4 Å². The summed E-state index contributed by atoms with van der Waals surface area (Å²) in [7, 11) is -2.99. The smallest absolute Gasteiger partial charge is 0.233 e. The van der Waals surface area contributed by atoms with Crippen LogP contribution in [0.15, 0.2) is 35.4 Å². The summed E-state index contributed by atoms with van der Waals surface area (Å²) in [5, 5.41) is 4.41. The van der Waals surface area contributed by atoms with E-state index in [4.69, 9.17) is 0 Å². The van der Waals surface area contributed by atoms with Crippen molar-refractivity contribution in [2.75, 3.05) is 11.5 Å². The maximum atomic E-state index is 12.3. The maximum absolute atomic E-state index is 12.3. The van der Waals surface area contributed by atoms with Gasteiger partial charge in [0, 0.05) is 11.4 Å². The lowest BCUT2D eigenvalue weighted by atomic mass is 10.1. The highest BCUT2D eigenvalue weighted by molar-refractivity contribution is 8.00. The Bertz CT molecular complexity index is 881. The molecule has 0 bridgehead atoms. The molecule has 1 aliphatic heterocycles. The molecule has 1 N–H and O–H groups in total. The molecule has 1 aliphatic rings. The predicted octanol–water partition coefficient (Wildman–Crippen LogP) is 2.33. The number of aryl methyl sites for hydroxylation is 1. The van der Waals surface area contributed by atoms with E-state index in [2.05, 4.69) is 10.3 Å². The summed E-state index contributed by atoms with van der Waals surface area (Å²) >= 11 is 1.39. The van der Waals surface area contributed by atoms with Gasteiger partial charge in [-0.3, -0.25) is 4.79 Å². The van der Waals surface area contributed by atoms with Crippen LogP contribution >= 0.6 is 11.8 Å². The highest BCUT2D eigenvalue weighted by Crippen LogP contribution is 2.26. The molecule has 1 amide bonds. The van der Waals surface area contributed by atoms with E-state index in [0.29, 0.717) is 6.42 Å². The van der Waals surface area contributed by atoms with Gasteiger partial charge in [-0.2, -0.15) is 0 Å². The van der Waals surface area contributed by atoms with Crippen molar-refractivity contribution >= 4 is 38.4 Å². The summed E-state index contributed by atoms with van der Waals surface area (Å²) in [4.78, 5) is 16.9. The predicted molar refractivity (Wildman–Crippen MR) is 97.0 cm³/mol. The third-order valence-electron chi connectivity index (χ3n) is 4.15. The van der Waals surface area contributed by atoms with Crippen LogP contribution in [0.1, 0.15) is 18.9 Å². The highest BCUT2D eigenvalue weighted by Gasteiger charge is 2.30. The molecular formula is C17H20N2O3S2. The molecule has 1 aromatic heterocycles. The van der Waals surface area contributed by atoms with Crippen molar-refractivity contribution in [3.05, 3.63) is 35.9 Å². The quantitative estimate of drug-likeness (QED) is 0.843. The molecule has 0 radical (unpaired) electrons. The maximum Gasteiger partial charge on any atom is 0.233 e. The van der Waals surface area contributed by atoms with Crippen LogP contribution in [0.3, 0.4) is 0 Å². The minimum atomic E-state index is -2.99. The number of benzene rings is 1. The Balaban J connectivity index is 1.68. The van der Waals surface area contributed by atoms with E-state index < -0.39 is 9.84 Å². The van der Waals surface area contributed by atoms with Gasteiger partial charge < -0.3 is 5.32 Å². The summed E-state index contributed by atoms with van der Waals surface area (Å²) in [6.07, 6.45) is 0.499. The number of nitrogens with one attached hydrogen (secondary N) is 1. The molecule has 2 aromatic rings. The molecule has 0 unspecified atom stereocenters. The lowest BCUT2D eigenvalue weighted by Crippen LogP contribution is -2.39. The number of aromatic nitrogens is 1. The molecule has 1 saturated heterocycles. The van der Waals surface area contributed by atoms with Crippen molar-refractivity contribution < 1.29 is 13.2 Å². The van der Waals surface area contributed by atoms with Crippen LogP contribution in [0.4, 0.5) is 0 Å². The number of hydrogen-bond acceptors (Lipinski definition) is 5. The zero-order valence-electron chi connectivity index (χ0n) is 13.7. The first-order valence-corrected chi connectivity index (χ1v) is 10.6. The van der Waals surface area contributed by atoms with E-state index in [1.807, 2.05) is 44.2 Å². The summed E-state index contributed by atoms with van der Waals surface area (Å²) < 4.78 is 23.0. The molecular weight excluding hydrogens is 344 g/mol. The summed E-state index contributed by atoms with van der Waals surface area (Å²) in [6, 6.07) is 9.63. The number of pyridine rings is 1. The van der Waals surface area contributed by atoms with Gasteiger partial charge in [0.2, 0.25) is 5.91 Å². The number of carbonyl (C=O) groups excluding carboxylic acids is 1. The molecule has 0 saturated carbocycles. The standard InChI is InChI=1S/C17H20N2O3S2/c1-11-9-16(19-15-6-4-3-5-14(11)15)23-12(2)17(20)18-13-7-8-24(21,22)10-13/h3-6,9,12-13H,7-8,10H2,1-2H3,(H,18,20)/t12-,13+/m1/s1. The molecule has 5 nitrogen and oxygen atoms in total. The van der Waals surface area contributed by atoms with Gasteiger partial charge in [0.1, 0.15) is 0 Å². The van der Waals surface area contributed by atoms with Gasteiger partial charge in [0.05, 0.1) is 27.3 Å². The third-order valence-corrected chi connectivity index (χ3v) is 6.93. The normalized spacial score (nSPS) is 20.8. The van der Waals surface area contributed by atoms with Crippen LogP contribution < -0.4 is 5.32 Å². The fourth-order valence-corrected chi connectivity index (χ4v) is 5.45. The topological polar surface area (TPSA) is 76.1 Å². The van der Waals surface area contributed by atoms with E-state index in [9.17, 15) is 13.2 Å². The Kier molecular flexibility index (Phi) is 4.83. The van der Waals surface area contributed by atoms with Crippen LogP contribution in [0, 0.1) is 6.92 Å². The van der Waals surface area contributed by atoms with Gasteiger partial charge in [-0.05, 0) is 38.0 Å². The number of thioether (sulfide) groups is 1. The molecule has 24 heavy (non-hydrogen) atoms. The first-order valence-electron chi connectivity index (χ1n) is 7.88. The molecule has 0 aliphatic carbocycles. The van der Waals surface area contributed by atoms with Gasteiger partial charge >= 0.3 is 0 Å². The highest BCUT2D eigenvalue weighted by atomic mass is 32.2. The average Bonchev–Trinajstić information content (AvgIpc) is 2.86. The van der Waals surface area contributed by atoms with E-state index in [0.717, 1.165) is 21.5 Å². The number of rotatable bonds is 4. The van der Waals surface area contributed by atoms with Gasteiger partial charge in [-0.15, -0.1) is 0 Å². The Morgan fingerprint density at radius 2 is 2.12 bits per heavy atom. The SMILES string of the molecule is Cc1cc(S[C@H](C)C(=O)N[C@H]2CCS(=O)(=O)C2)nc2ccccc12. The van der Waals surface area contributed by atoms with Crippen LogP contribution in [0.2, 0.25) is 0 Å². The summed E-state index contributed by atoms with van der Waals surface area (Å²) in [5.41, 5.74) is 2.03. The minimum Gasteiger partial charge on any atom is -0.351 e. The van der Waals surface area contributed by atoms with Crippen molar-refractivity contribution in [2.24, 2.45) is 0 Å². The van der Waals surface area contributed by atoms with Crippen LogP contribution in [0.5, 0.6) is 0 Å². The zero-order valence-corrected chi connectivity index (χ0v) is 15.3. The number of amides is 1. The monoisotopic (exact) mass is 364 g/mol. The van der Waals surface area contributed by atoms with E-state index in [1.54, 1.807) is 0 Å². The largest absolute Gasteiger partial charge is 0.351 e. The molecule has 2 heterocycles. The first kappa shape index (κ1) is 17.2. The average molecular weight is 364 g/mol. The molecule has 128 valence electrons. The fourth-order valence-electron chi connectivity index (χ4n) is 2.84. The Hall–Kier alpha value is -1.60. The van der Waals surface area contributed by atoms with Gasteiger partial charge in [-0.1, -0.05) is 30.0 Å². The number of hydrogen-bond donors (Lipinski definition) is 1. The lowest BCUT2D eigenvalue weighted by Gasteiger charge is -2.16. The minimum absolute atomic E-state index is 0.0451. The van der Waals surface area contributed by atoms with Gasteiger partial charge in [0.25, 0.3) is 0 Å². The molecule has 1 fully saturated rings. The second-order valence-electron chi connectivity index (χ2n) is 6.16. The van der Waals surface area contributed by atoms with Crippen molar-refractivity contribution in [2.45, 2.75) is 36.6 Å². The summed E-state index contributed by atoms with van der Waals surface area (Å²) in [6.45, 7) is 3.85. The summed E-state index contributed by atoms with van der Waals surface area (Å²) in [5.74, 6) is 0.0589. The second-order valence-corrected chi connectivity index (χ2v) is 9.75. The van der Waals surface area contributed by atoms with Crippen molar-refractivity contribution in [1.82, 2.24) is 10.3 Å². The van der Waals surface area contributed by atoms with Gasteiger partial charge in [0.15, 0.2) is 9.84 Å². The number of para-hydroxylation sites is 1. The number of nitrogens with zero attached hydrogens (tertiary/aromatic N) is 1. The van der Waals surface area contributed by atoms with Crippen molar-refractivity contribution in [3.8, 4) is 0 Å². The number of sulfone groups is 1. The molecule has 2 atom stereocenters. The first-order chi connectivity index (χ1) is 11.3. The lowest BCUT2D eigenvalue weighted by molar-refractivity contribution is -0.120. The Labute approximate surface area is 146 Å². The second kappa shape index (κ2) is 6.72. The Morgan fingerprint density at radius 1 is 1.38 bits per heavy atom.